The van der Waals surface area contributed by atoms with Crippen LogP contribution in [0.15, 0.2) is 0 Å². The molecule has 0 aromatic carbocycles. The summed E-state index contributed by atoms with van der Waals surface area (Å²) in [5, 5.41) is 11.8. The van der Waals surface area contributed by atoms with Gasteiger partial charge in [0.15, 0.2) is 0 Å². The molecule has 12 heavy (non-hydrogen) atoms. The Morgan fingerprint density at radius 1 is 1.75 bits per heavy atom. The summed E-state index contributed by atoms with van der Waals surface area (Å²) in [7, 11) is 0. The van der Waals surface area contributed by atoms with E-state index >= 15 is 0 Å². The molecule has 0 aromatic rings. The molecule has 0 saturated carbocycles. The van der Waals surface area contributed by atoms with Crippen molar-refractivity contribution in [1.82, 2.24) is 5.32 Å². The second-order valence-electron chi connectivity index (χ2n) is 3.40. The van der Waals surface area contributed by atoms with Crippen molar-refractivity contribution in [1.29, 1.82) is 5.26 Å². The van der Waals surface area contributed by atoms with Crippen LogP contribution in [0, 0.1) is 17.2 Å². The van der Waals surface area contributed by atoms with Gasteiger partial charge in [0, 0.05) is 6.04 Å². The highest BCUT2D eigenvalue weighted by molar-refractivity contribution is 7.99. The summed E-state index contributed by atoms with van der Waals surface area (Å²) < 4.78 is 0. The van der Waals surface area contributed by atoms with Gasteiger partial charge in [-0.3, -0.25) is 0 Å². The number of nitrogens with one attached hydrogen (secondary N) is 1. The van der Waals surface area contributed by atoms with Gasteiger partial charge in [-0.15, -0.1) is 0 Å². The van der Waals surface area contributed by atoms with Gasteiger partial charge in [-0.2, -0.15) is 17.0 Å². The number of thioether (sulfide) groups is 1. The first kappa shape index (κ1) is 9.88. The van der Waals surface area contributed by atoms with Crippen LogP contribution < -0.4 is 5.32 Å². The largest absolute Gasteiger partial charge is 0.313 e. The van der Waals surface area contributed by atoms with Crippen LogP contribution in [-0.2, 0) is 0 Å². The fraction of sp³-hybridized carbons (Fsp3) is 0.889. The van der Waals surface area contributed by atoms with Crippen LogP contribution in [0.1, 0.15) is 19.8 Å². The molecule has 0 aromatic heterocycles. The molecular formula is C9H16N2S. The molecule has 2 unspecified atom stereocenters. The molecule has 68 valence electrons. The molecule has 0 amide bonds. The first-order chi connectivity index (χ1) is 5.83. The maximum atomic E-state index is 8.43. The Labute approximate surface area is 78.7 Å². The minimum atomic E-state index is 0.362. The SMILES string of the molecule is CC(CC#N)NCC1CCSC1. The van der Waals surface area contributed by atoms with E-state index in [9.17, 15) is 0 Å². The van der Waals surface area contributed by atoms with Crippen LogP contribution in [-0.4, -0.2) is 24.1 Å². The van der Waals surface area contributed by atoms with Crippen molar-refractivity contribution in [3.8, 4) is 6.07 Å². The van der Waals surface area contributed by atoms with E-state index in [2.05, 4.69) is 18.3 Å². The summed E-state index contributed by atoms with van der Waals surface area (Å²) in [6.07, 6.45) is 1.97. The maximum Gasteiger partial charge on any atom is 0.0638 e. The summed E-state index contributed by atoms with van der Waals surface area (Å²) in [6, 6.07) is 2.54. The smallest absolute Gasteiger partial charge is 0.0638 e. The molecule has 0 spiro atoms. The van der Waals surface area contributed by atoms with Gasteiger partial charge in [0.2, 0.25) is 0 Å². The molecule has 0 aliphatic carbocycles. The zero-order valence-corrected chi connectivity index (χ0v) is 8.36. The minimum absolute atomic E-state index is 0.362. The molecule has 1 heterocycles. The standard InChI is InChI=1S/C9H16N2S/c1-8(2-4-10)11-6-9-3-5-12-7-9/h8-9,11H,2-3,5-7H2,1H3. The Hall–Kier alpha value is -0.200. The van der Waals surface area contributed by atoms with Gasteiger partial charge in [0.25, 0.3) is 0 Å². The highest BCUT2D eigenvalue weighted by Gasteiger charge is 2.15. The van der Waals surface area contributed by atoms with Gasteiger partial charge in [-0.1, -0.05) is 0 Å². The lowest BCUT2D eigenvalue weighted by Gasteiger charge is -2.13. The van der Waals surface area contributed by atoms with E-state index in [1.165, 1.54) is 17.9 Å². The second kappa shape index (κ2) is 5.45. The quantitative estimate of drug-likeness (QED) is 0.721. The zero-order valence-electron chi connectivity index (χ0n) is 7.55. The highest BCUT2D eigenvalue weighted by Crippen LogP contribution is 2.22. The van der Waals surface area contributed by atoms with Crippen molar-refractivity contribution in [2.24, 2.45) is 5.92 Å². The van der Waals surface area contributed by atoms with Crippen molar-refractivity contribution in [3.05, 3.63) is 0 Å². The molecule has 1 saturated heterocycles. The highest BCUT2D eigenvalue weighted by atomic mass is 32.2. The van der Waals surface area contributed by atoms with Gasteiger partial charge in [0.1, 0.15) is 0 Å². The number of hydrogen-bond acceptors (Lipinski definition) is 3. The molecule has 1 N–H and O–H groups in total. The van der Waals surface area contributed by atoms with Gasteiger partial charge in [-0.05, 0) is 37.3 Å². The monoisotopic (exact) mass is 184 g/mol. The molecule has 1 fully saturated rings. The van der Waals surface area contributed by atoms with Crippen molar-refractivity contribution < 1.29 is 0 Å². The maximum absolute atomic E-state index is 8.43. The molecule has 3 heteroatoms. The second-order valence-corrected chi connectivity index (χ2v) is 4.55. The zero-order chi connectivity index (χ0) is 8.81. The number of nitriles is 1. The number of rotatable bonds is 4. The molecule has 0 radical (unpaired) electrons. The Bertz CT molecular complexity index is 158. The van der Waals surface area contributed by atoms with Crippen LogP contribution in [0.5, 0.6) is 0 Å². The lowest BCUT2D eigenvalue weighted by Crippen LogP contribution is -2.30. The van der Waals surface area contributed by atoms with Gasteiger partial charge in [-0.25, -0.2) is 0 Å². The fourth-order valence-electron chi connectivity index (χ4n) is 1.32. The van der Waals surface area contributed by atoms with Crippen LogP contribution in [0.3, 0.4) is 0 Å². The molecule has 1 aliphatic heterocycles. The Morgan fingerprint density at radius 2 is 2.58 bits per heavy atom. The fourth-order valence-corrected chi connectivity index (χ4v) is 2.61. The van der Waals surface area contributed by atoms with E-state index in [-0.39, 0.29) is 0 Å². The van der Waals surface area contributed by atoms with Crippen molar-refractivity contribution >= 4 is 11.8 Å². The average molecular weight is 184 g/mol. The average Bonchev–Trinajstić information content (AvgIpc) is 2.53. The molecular weight excluding hydrogens is 168 g/mol. The summed E-state index contributed by atoms with van der Waals surface area (Å²) in [5.74, 6) is 3.46. The van der Waals surface area contributed by atoms with E-state index in [1.54, 1.807) is 0 Å². The Balaban J connectivity index is 2.04. The van der Waals surface area contributed by atoms with Crippen LogP contribution in [0.25, 0.3) is 0 Å². The van der Waals surface area contributed by atoms with Crippen molar-refractivity contribution in [3.63, 3.8) is 0 Å². The number of hydrogen-bond donors (Lipinski definition) is 1. The van der Waals surface area contributed by atoms with Gasteiger partial charge >= 0.3 is 0 Å². The first-order valence-corrected chi connectivity index (χ1v) is 5.66. The third kappa shape index (κ3) is 3.46. The minimum Gasteiger partial charge on any atom is -0.313 e. The molecule has 0 bridgehead atoms. The van der Waals surface area contributed by atoms with E-state index in [0.29, 0.717) is 12.5 Å². The van der Waals surface area contributed by atoms with Crippen LogP contribution >= 0.6 is 11.8 Å². The van der Waals surface area contributed by atoms with E-state index < -0.39 is 0 Å². The third-order valence-corrected chi connectivity index (χ3v) is 3.41. The van der Waals surface area contributed by atoms with Crippen LogP contribution in [0.2, 0.25) is 0 Å². The van der Waals surface area contributed by atoms with Crippen molar-refractivity contribution in [2.75, 3.05) is 18.1 Å². The summed E-state index contributed by atoms with van der Waals surface area (Å²) in [5.41, 5.74) is 0. The van der Waals surface area contributed by atoms with E-state index in [1.807, 2.05) is 11.8 Å². The third-order valence-electron chi connectivity index (χ3n) is 2.18. The summed E-state index contributed by atoms with van der Waals surface area (Å²) in [6.45, 7) is 3.17. The number of nitrogens with zero attached hydrogens (tertiary/aromatic N) is 1. The molecule has 2 atom stereocenters. The van der Waals surface area contributed by atoms with Gasteiger partial charge < -0.3 is 5.32 Å². The molecule has 1 rings (SSSR count). The predicted molar refractivity (Wildman–Crippen MR) is 53.1 cm³/mol. The summed E-state index contributed by atoms with van der Waals surface area (Å²) >= 11 is 2.04. The lowest BCUT2D eigenvalue weighted by atomic mass is 10.1. The predicted octanol–water partition coefficient (Wildman–Crippen LogP) is 1.63. The lowest BCUT2D eigenvalue weighted by molar-refractivity contribution is 0.471. The van der Waals surface area contributed by atoms with E-state index in [4.69, 9.17) is 5.26 Å². The van der Waals surface area contributed by atoms with E-state index in [0.717, 1.165) is 12.5 Å². The van der Waals surface area contributed by atoms with Crippen molar-refractivity contribution in [2.45, 2.75) is 25.8 Å². The van der Waals surface area contributed by atoms with Crippen LogP contribution in [0.4, 0.5) is 0 Å². The Kier molecular flexibility index (Phi) is 4.49. The topological polar surface area (TPSA) is 35.8 Å². The summed E-state index contributed by atoms with van der Waals surface area (Å²) in [4.78, 5) is 0. The Morgan fingerprint density at radius 3 is 3.17 bits per heavy atom. The van der Waals surface area contributed by atoms with Gasteiger partial charge in [0.05, 0.1) is 12.5 Å². The molecule has 2 nitrogen and oxygen atoms in total. The normalized spacial score (nSPS) is 25.2. The first-order valence-electron chi connectivity index (χ1n) is 4.51. The molecule has 1 aliphatic rings.